The van der Waals surface area contributed by atoms with Gasteiger partial charge in [-0.2, -0.15) is 0 Å². The number of hydrogen-bond donors (Lipinski definition) is 3. The summed E-state index contributed by atoms with van der Waals surface area (Å²) >= 11 is 0. The molecule has 0 unspecified atom stereocenters. The first-order valence-corrected chi connectivity index (χ1v) is 15.2. The predicted molar refractivity (Wildman–Crippen MR) is 157 cm³/mol. The average molecular weight is 588 g/mol. The zero-order valence-corrected chi connectivity index (χ0v) is 24.5. The molecule has 4 aliphatic carbocycles. The third-order valence-electron chi connectivity index (χ3n) is 11.5. The lowest BCUT2D eigenvalue weighted by atomic mass is 9.46. The second-order valence-electron chi connectivity index (χ2n) is 13.6. The Morgan fingerprint density at radius 3 is 2.60 bits per heavy atom. The Labute approximate surface area is 250 Å². The SMILES string of the molecule is C[C@]12C=CC(=O)C=C1CC[C@@H]1[C@@H]2[C@@H](O)C[C@@]2(C)[C@H]1C[C@H]1O[C@@H](c3ccc(Cc4ccc(N)cc4)cc3F)O[C@]12C(=O)CO. The van der Waals surface area contributed by atoms with Crippen molar-refractivity contribution >= 4 is 17.3 Å². The van der Waals surface area contributed by atoms with Crippen LogP contribution in [0.5, 0.6) is 0 Å². The molecule has 1 aliphatic heterocycles. The van der Waals surface area contributed by atoms with E-state index in [1.165, 1.54) is 6.07 Å². The van der Waals surface area contributed by atoms with E-state index >= 15 is 4.39 Å². The Morgan fingerprint density at radius 2 is 1.88 bits per heavy atom. The fraction of sp³-hybridized carbons (Fsp3) is 0.486. The van der Waals surface area contributed by atoms with Gasteiger partial charge in [-0.1, -0.05) is 49.8 Å². The van der Waals surface area contributed by atoms with Crippen LogP contribution < -0.4 is 5.73 Å². The molecule has 0 radical (unpaired) electrons. The summed E-state index contributed by atoms with van der Waals surface area (Å²) in [6.45, 7) is 3.32. The van der Waals surface area contributed by atoms with Crippen LogP contribution in [0.2, 0.25) is 0 Å². The fourth-order valence-corrected chi connectivity index (χ4v) is 9.57. The van der Waals surface area contributed by atoms with Crippen molar-refractivity contribution in [2.75, 3.05) is 12.3 Å². The summed E-state index contributed by atoms with van der Waals surface area (Å²) in [4.78, 5) is 25.9. The van der Waals surface area contributed by atoms with Crippen LogP contribution in [0, 0.1) is 34.4 Å². The number of nitrogens with two attached hydrogens (primary N) is 1. The Bertz CT molecular complexity index is 1550. The van der Waals surface area contributed by atoms with Crippen LogP contribution in [0.1, 0.15) is 62.5 Å². The lowest BCUT2D eigenvalue weighted by molar-refractivity contribution is -0.201. The van der Waals surface area contributed by atoms with E-state index in [1.807, 2.05) is 43.3 Å². The van der Waals surface area contributed by atoms with Crippen molar-refractivity contribution in [2.45, 2.75) is 70.1 Å². The van der Waals surface area contributed by atoms with Crippen LogP contribution in [0.3, 0.4) is 0 Å². The molecular formula is C35H38FNO6. The second kappa shape index (κ2) is 9.92. The Morgan fingerprint density at radius 1 is 1.14 bits per heavy atom. The molecule has 226 valence electrons. The number of hydrogen-bond acceptors (Lipinski definition) is 7. The number of allylic oxidation sites excluding steroid dienone is 4. The molecule has 2 aromatic rings. The summed E-state index contributed by atoms with van der Waals surface area (Å²) < 4.78 is 28.6. The minimum absolute atomic E-state index is 0.0256. The molecule has 2 aromatic carbocycles. The summed E-state index contributed by atoms with van der Waals surface area (Å²) in [5.74, 6) is -1.12. The third kappa shape index (κ3) is 4.06. The van der Waals surface area contributed by atoms with Gasteiger partial charge in [-0.3, -0.25) is 9.59 Å². The number of Topliss-reactive ketones (excluding diaryl/α,β-unsaturated/α-hetero) is 1. The Kier molecular flexibility index (Phi) is 6.60. The fourth-order valence-electron chi connectivity index (χ4n) is 9.57. The van der Waals surface area contributed by atoms with E-state index in [4.69, 9.17) is 15.2 Å². The molecule has 0 amide bonds. The van der Waals surface area contributed by atoms with E-state index < -0.39 is 53.1 Å². The highest BCUT2D eigenvalue weighted by Crippen LogP contribution is 2.70. The van der Waals surface area contributed by atoms with Crippen molar-refractivity contribution in [1.82, 2.24) is 0 Å². The maximum absolute atomic E-state index is 15.6. The molecule has 9 atom stereocenters. The number of nitrogen functional groups attached to an aromatic ring is 1. The van der Waals surface area contributed by atoms with Gasteiger partial charge in [0.2, 0.25) is 0 Å². The molecule has 0 spiro atoms. The first-order chi connectivity index (χ1) is 20.5. The Hall–Kier alpha value is -3.17. The zero-order valence-electron chi connectivity index (χ0n) is 24.5. The van der Waals surface area contributed by atoms with Crippen molar-refractivity contribution in [3.05, 3.63) is 88.8 Å². The van der Waals surface area contributed by atoms with E-state index in [9.17, 15) is 19.8 Å². The van der Waals surface area contributed by atoms with Crippen LogP contribution in [0.4, 0.5) is 10.1 Å². The van der Waals surface area contributed by atoms with Gasteiger partial charge in [0.25, 0.3) is 0 Å². The van der Waals surface area contributed by atoms with Gasteiger partial charge in [-0.05, 0) is 85.4 Å². The molecule has 0 aromatic heterocycles. The van der Waals surface area contributed by atoms with Crippen molar-refractivity contribution in [3.63, 3.8) is 0 Å². The van der Waals surface area contributed by atoms with Gasteiger partial charge in [0, 0.05) is 28.0 Å². The molecule has 8 heteroatoms. The predicted octanol–water partition coefficient (Wildman–Crippen LogP) is 4.60. The maximum Gasteiger partial charge on any atom is 0.193 e. The molecule has 0 bridgehead atoms. The molecule has 1 heterocycles. The number of rotatable bonds is 5. The van der Waals surface area contributed by atoms with Gasteiger partial charge in [0.1, 0.15) is 12.4 Å². The van der Waals surface area contributed by atoms with Crippen LogP contribution in [-0.4, -0.2) is 46.2 Å². The summed E-state index contributed by atoms with van der Waals surface area (Å²) in [7, 11) is 0. The summed E-state index contributed by atoms with van der Waals surface area (Å²) in [5, 5.41) is 22.0. The van der Waals surface area contributed by atoms with E-state index in [2.05, 4.69) is 6.92 Å². The molecule has 7 rings (SSSR count). The summed E-state index contributed by atoms with van der Waals surface area (Å²) in [6.07, 6.45) is 5.47. The highest BCUT2D eigenvalue weighted by molar-refractivity contribution is 6.01. The van der Waals surface area contributed by atoms with Crippen molar-refractivity contribution in [3.8, 4) is 0 Å². The van der Waals surface area contributed by atoms with E-state index in [0.717, 1.165) is 29.5 Å². The van der Waals surface area contributed by atoms with Gasteiger partial charge >= 0.3 is 0 Å². The van der Waals surface area contributed by atoms with Crippen LogP contribution in [-0.2, 0) is 25.5 Å². The number of aliphatic hydroxyl groups is 2. The highest BCUT2D eigenvalue weighted by Gasteiger charge is 2.76. The number of carbonyl (C=O) groups excluding carboxylic acids is 2. The highest BCUT2D eigenvalue weighted by atomic mass is 19.1. The summed E-state index contributed by atoms with van der Waals surface area (Å²) in [5.41, 5.74) is 6.65. The molecule has 3 saturated carbocycles. The topological polar surface area (TPSA) is 119 Å². The van der Waals surface area contributed by atoms with Gasteiger partial charge < -0.3 is 25.4 Å². The first-order valence-electron chi connectivity index (χ1n) is 15.2. The quantitative estimate of drug-likeness (QED) is 0.438. The molecule has 4 fully saturated rings. The molecular weight excluding hydrogens is 549 g/mol. The number of halogens is 1. The number of aliphatic hydroxyl groups excluding tert-OH is 2. The van der Waals surface area contributed by atoms with Crippen LogP contribution in [0.15, 0.2) is 66.3 Å². The Balaban J connectivity index is 1.19. The first kappa shape index (κ1) is 28.6. The second-order valence-corrected chi connectivity index (χ2v) is 13.6. The van der Waals surface area contributed by atoms with E-state index in [-0.39, 0.29) is 35.5 Å². The monoisotopic (exact) mass is 587 g/mol. The molecule has 5 aliphatic rings. The average Bonchev–Trinajstić information content (AvgIpc) is 3.47. The minimum Gasteiger partial charge on any atom is -0.399 e. The van der Waals surface area contributed by atoms with E-state index in [1.54, 1.807) is 18.2 Å². The van der Waals surface area contributed by atoms with Gasteiger partial charge in [0.05, 0.1) is 12.2 Å². The van der Waals surface area contributed by atoms with Crippen molar-refractivity contribution in [1.29, 1.82) is 0 Å². The van der Waals surface area contributed by atoms with Crippen molar-refractivity contribution in [2.24, 2.45) is 28.6 Å². The zero-order chi connectivity index (χ0) is 30.3. The van der Waals surface area contributed by atoms with Crippen molar-refractivity contribution < 1.29 is 33.7 Å². The lowest BCUT2D eigenvalue weighted by Gasteiger charge is -2.59. The smallest absolute Gasteiger partial charge is 0.193 e. The number of carbonyl (C=O) groups is 2. The standard InChI is InChI=1S/C35H38FNO6/c1-33-12-11-23(39)15-21(33)6-10-24-26-16-30-35(29(41)18-38,34(26,2)17-28(40)31(24)33)43-32(42-30)25-9-5-20(14-27(25)36)13-19-3-7-22(37)8-4-19/h3-5,7-9,11-12,14-15,24,26,28,30-32,38,40H,6,10,13,16-18,37H2,1-2H3/t24-,26-,28-,30+,31+,32+,33-,34-,35+/m0/s1. The molecule has 43 heavy (non-hydrogen) atoms. The lowest BCUT2D eigenvalue weighted by Crippen LogP contribution is -2.63. The van der Waals surface area contributed by atoms with Crippen LogP contribution in [0.25, 0.3) is 0 Å². The normalized spacial score (nSPS) is 39.5. The van der Waals surface area contributed by atoms with E-state index in [0.29, 0.717) is 18.5 Å². The number of benzene rings is 2. The van der Waals surface area contributed by atoms with Gasteiger partial charge in [-0.25, -0.2) is 4.39 Å². The number of fused-ring (bicyclic) bond motifs is 7. The molecule has 4 N–H and O–H groups in total. The largest absolute Gasteiger partial charge is 0.399 e. The number of ether oxygens (including phenoxy) is 2. The summed E-state index contributed by atoms with van der Waals surface area (Å²) in [6, 6.07) is 12.4. The van der Waals surface area contributed by atoms with Crippen LogP contribution >= 0.6 is 0 Å². The number of anilines is 1. The minimum atomic E-state index is -1.52. The number of ketones is 2. The molecule has 7 nitrogen and oxygen atoms in total. The van der Waals surface area contributed by atoms with Gasteiger partial charge in [0.15, 0.2) is 23.5 Å². The maximum atomic E-state index is 15.6. The third-order valence-corrected chi connectivity index (χ3v) is 11.5. The van der Waals surface area contributed by atoms with Gasteiger partial charge in [-0.15, -0.1) is 0 Å². The molecule has 1 saturated heterocycles.